The first-order chi connectivity index (χ1) is 5.81. The maximum absolute atomic E-state index is 11.8. The van der Waals surface area contributed by atoms with Crippen molar-refractivity contribution in [3.8, 4) is 0 Å². The summed E-state index contributed by atoms with van der Waals surface area (Å²) in [5.41, 5.74) is 0. The zero-order valence-corrected chi connectivity index (χ0v) is 8.18. The fourth-order valence-electron chi connectivity index (χ4n) is 0.915. The molecule has 0 saturated carbocycles. The zero-order chi connectivity index (χ0) is 10.1. The van der Waals surface area contributed by atoms with Crippen LogP contribution in [0.5, 0.6) is 0 Å². The summed E-state index contributed by atoms with van der Waals surface area (Å²) in [5.74, 6) is -1.05. The summed E-state index contributed by atoms with van der Waals surface area (Å²) in [7, 11) is -4.13. The van der Waals surface area contributed by atoms with E-state index in [0.717, 1.165) is 4.31 Å². The monoisotopic (exact) mass is 235 g/mol. The predicted molar refractivity (Wildman–Crippen MR) is 43.9 cm³/mol. The van der Waals surface area contributed by atoms with Crippen LogP contribution in [0.4, 0.5) is 13.2 Å². The van der Waals surface area contributed by atoms with Crippen LogP contribution in [0.2, 0.25) is 0 Å². The summed E-state index contributed by atoms with van der Waals surface area (Å²) in [5, 5.41) is 0. The molecular formula is C5H8F3NO2S2. The molecule has 13 heavy (non-hydrogen) atoms. The molecule has 0 atom stereocenters. The highest BCUT2D eigenvalue weighted by atomic mass is 32.2. The van der Waals surface area contributed by atoms with Gasteiger partial charge in [0.25, 0.3) is 0 Å². The molecule has 1 rings (SSSR count). The summed E-state index contributed by atoms with van der Waals surface area (Å²) in [6.07, 6.45) is -4.65. The fraction of sp³-hybridized carbons (Fsp3) is 1.00. The van der Waals surface area contributed by atoms with Crippen LogP contribution in [0.15, 0.2) is 0 Å². The Labute approximate surface area is 78.3 Å². The molecule has 0 aromatic carbocycles. The van der Waals surface area contributed by atoms with Gasteiger partial charge in [-0.2, -0.15) is 17.5 Å². The van der Waals surface area contributed by atoms with E-state index in [9.17, 15) is 21.6 Å². The van der Waals surface area contributed by atoms with E-state index in [1.807, 2.05) is 0 Å². The Morgan fingerprint density at radius 1 is 1.38 bits per heavy atom. The second kappa shape index (κ2) is 3.66. The molecule has 1 heterocycles. The molecule has 78 valence electrons. The van der Waals surface area contributed by atoms with Crippen LogP contribution in [0.3, 0.4) is 0 Å². The molecule has 1 aliphatic rings. The molecule has 3 nitrogen and oxygen atoms in total. The third-order valence-electron chi connectivity index (χ3n) is 1.46. The van der Waals surface area contributed by atoms with Crippen molar-refractivity contribution in [3.05, 3.63) is 0 Å². The van der Waals surface area contributed by atoms with Crippen molar-refractivity contribution in [1.82, 2.24) is 4.31 Å². The van der Waals surface area contributed by atoms with E-state index in [2.05, 4.69) is 0 Å². The molecule has 0 radical (unpaired) electrons. The quantitative estimate of drug-likeness (QED) is 0.713. The van der Waals surface area contributed by atoms with Crippen LogP contribution in [0, 0.1) is 0 Å². The predicted octanol–water partition coefficient (Wildman–Crippen LogP) is 0.885. The van der Waals surface area contributed by atoms with Crippen molar-refractivity contribution in [2.75, 3.05) is 23.9 Å². The largest absolute Gasteiger partial charge is 0.404 e. The van der Waals surface area contributed by atoms with E-state index in [1.54, 1.807) is 0 Å². The van der Waals surface area contributed by atoms with Crippen molar-refractivity contribution in [2.24, 2.45) is 0 Å². The van der Waals surface area contributed by atoms with E-state index in [0.29, 0.717) is 5.75 Å². The van der Waals surface area contributed by atoms with Gasteiger partial charge in [-0.3, -0.25) is 0 Å². The molecule has 0 N–H and O–H groups in total. The molecule has 0 aliphatic carbocycles. The van der Waals surface area contributed by atoms with E-state index in [4.69, 9.17) is 0 Å². The Balaban J connectivity index is 2.66. The Morgan fingerprint density at radius 3 is 2.38 bits per heavy atom. The molecule has 0 spiro atoms. The summed E-state index contributed by atoms with van der Waals surface area (Å²) in [6.45, 7) is 0.184. The molecule has 8 heteroatoms. The Morgan fingerprint density at radius 2 is 2.00 bits per heavy atom. The smallest absolute Gasteiger partial charge is 0.212 e. The Kier molecular flexibility index (Phi) is 3.13. The maximum atomic E-state index is 11.8. The molecule has 0 amide bonds. The van der Waals surface area contributed by atoms with Gasteiger partial charge in [-0.15, -0.1) is 11.8 Å². The van der Waals surface area contributed by atoms with Gasteiger partial charge < -0.3 is 0 Å². The van der Waals surface area contributed by atoms with Gasteiger partial charge in [-0.25, -0.2) is 8.42 Å². The van der Waals surface area contributed by atoms with Gasteiger partial charge in [0.2, 0.25) is 10.0 Å². The normalized spacial score (nSPS) is 20.8. The number of nitrogens with zero attached hydrogens (tertiary/aromatic N) is 1. The van der Waals surface area contributed by atoms with Crippen molar-refractivity contribution >= 4 is 21.8 Å². The van der Waals surface area contributed by atoms with Gasteiger partial charge in [0.1, 0.15) is 0 Å². The minimum absolute atomic E-state index is 0.137. The topological polar surface area (TPSA) is 37.4 Å². The van der Waals surface area contributed by atoms with Gasteiger partial charge in [0, 0.05) is 12.3 Å². The number of sulfonamides is 1. The van der Waals surface area contributed by atoms with Gasteiger partial charge in [-0.05, 0) is 0 Å². The third-order valence-corrected chi connectivity index (χ3v) is 4.38. The minimum atomic E-state index is -4.65. The molecule has 1 aliphatic heterocycles. The number of hydrogen-bond acceptors (Lipinski definition) is 3. The summed E-state index contributed by atoms with van der Waals surface area (Å²) >= 11 is 1.31. The Hall–Kier alpha value is 0.0500. The zero-order valence-electron chi connectivity index (χ0n) is 6.54. The highest BCUT2D eigenvalue weighted by Crippen LogP contribution is 2.23. The van der Waals surface area contributed by atoms with Crippen molar-refractivity contribution in [1.29, 1.82) is 0 Å². The molecule has 0 aromatic heterocycles. The number of thioether (sulfide) groups is 1. The molecular weight excluding hydrogens is 227 g/mol. The number of halogens is 3. The molecule has 1 fully saturated rings. The first kappa shape index (κ1) is 11.1. The van der Waals surface area contributed by atoms with Crippen molar-refractivity contribution in [3.63, 3.8) is 0 Å². The van der Waals surface area contributed by atoms with E-state index >= 15 is 0 Å². The molecule has 1 saturated heterocycles. The average Bonchev–Trinajstić information content (AvgIpc) is 2.29. The summed E-state index contributed by atoms with van der Waals surface area (Å²) in [4.78, 5) is 0. The van der Waals surface area contributed by atoms with Crippen LogP contribution in [-0.2, 0) is 10.0 Å². The van der Waals surface area contributed by atoms with Crippen LogP contribution in [-0.4, -0.2) is 42.8 Å². The second-order valence-corrected chi connectivity index (χ2v) is 5.63. The van der Waals surface area contributed by atoms with E-state index in [-0.39, 0.29) is 12.4 Å². The second-order valence-electron chi connectivity index (χ2n) is 2.58. The van der Waals surface area contributed by atoms with Crippen molar-refractivity contribution in [2.45, 2.75) is 6.18 Å². The molecule has 0 bridgehead atoms. The lowest BCUT2D eigenvalue weighted by Gasteiger charge is -2.15. The van der Waals surface area contributed by atoms with Gasteiger partial charge in [0.15, 0.2) is 5.75 Å². The lowest BCUT2D eigenvalue weighted by atomic mass is 10.8. The SMILES string of the molecule is O=S(=O)(CC(F)(F)F)N1CCSC1. The number of rotatable bonds is 2. The van der Waals surface area contributed by atoms with Gasteiger partial charge in [0.05, 0.1) is 5.88 Å². The van der Waals surface area contributed by atoms with Crippen LogP contribution >= 0.6 is 11.8 Å². The molecule has 0 aromatic rings. The average molecular weight is 235 g/mol. The lowest BCUT2D eigenvalue weighted by Crippen LogP contribution is -2.35. The van der Waals surface area contributed by atoms with E-state index in [1.165, 1.54) is 11.8 Å². The van der Waals surface area contributed by atoms with E-state index < -0.39 is 22.0 Å². The lowest BCUT2D eigenvalue weighted by molar-refractivity contribution is -0.106. The number of alkyl halides is 3. The van der Waals surface area contributed by atoms with Gasteiger partial charge in [-0.1, -0.05) is 0 Å². The maximum Gasteiger partial charge on any atom is 0.404 e. The van der Waals surface area contributed by atoms with Crippen LogP contribution in [0.1, 0.15) is 0 Å². The van der Waals surface area contributed by atoms with Crippen LogP contribution in [0.25, 0.3) is 0 Å². The minimum Gasteiger partial charge on any atom is -0.212 e. The summed E-state index contributed by atoms with van der Waals surface area (Å²) < 4.78 is 58.3. The number of hydrogen-bond donors (Lipinski definition) is 0. The Bertz CT molecular complexity index is 268. The van der Waals surface area contributed by atoms with Crippen LogP contribution < -0.4 is 0 Å². The third kappa shape index (κ3) is 3.35. The first-order valence-electron chi connectivity index (χ1n) is 3.43. The summed E-state index contributed by atoms with van der Waals surface area (Å²) in [6, 6.07) is 0. The van der Waals surface area contributed by atoms with Crippen molar-refractivity contribution < 1.29 is 21.6 Å². The highest BCUT2D eigenvalue weighted by molar-refractivity contribution is 8.00. The van der Waals surface area contributed by atoms with Gasteiger partial charge >= 0.3 is 6.18 Å². The fourth-order valence-corrected chi connectivity index (χ4v) is 3.67. The highest BCUT2D eigenvalue weighted by Gasteiger charge is 2.39. The molecule has 0 unspecified atom stereocenters. The standard InChI is InChI=1S/C5H8F3NO2S2/c6-5(7,8)3-13(10,11)9-1-2-12-4-9/h1-4H2. The first-order valence-corrected chi connectivity index (χ1v) is 6.20.